The standard InChI is InChI=1S/C44H51N7O7S/c1-28(52)47-27-30-21-31(44(2,3)4)24-38(41(30)57-6)50-43(54)49-37-11-12-39(36-10-8-7-9-35(36)37)58-33-13-14-45-40(26-33)48-32-22-29(23-34(25-32)56-5)42(53)46-15-16-51(55)17-19-59-20-18-51/h7-14,21-26H,15-20,27H2,1-6H3,(H,45,48)(H,46,53)(H,47,52)(H2,49,50,54). The number of urea groups is 1. The molecule has 310 valence electrons. The highest BCUT2D eigenvalue weighted by atomic mass is 32.2. The maximum Gasteiger partial charge on any atom is 0.323 e. The Hall–Kier alpha value is -6.03. The first-order chi connectivity index (χ1) is 28.2. The number of anilines is 4. The van der Waals surface area contributed by atoms with Gasteiger partial charge in [-0.3, -0.25) is 9.59 Å². The van der Waals surface area contributed by atoms with Gasteiger partial charge in [0.1, 0.15) is 28.8 Å². The fourth-order valence-electron chi connectivity index (χ4n) is 6.66. The summed E-state index contributed by atoms with van der Waals surface area (Å²) in [5, 5.41) is 29.3. The predicted octanol–water partition coefficient (Wildman–Crippen LogP) is 8.16. The molecule has 5 N–H and O–H groups in total. The van der Waals surface area contributed by atoms with Gasteiger partial charge in [-0.2, -0.15) is 11.8 Å². The van der Waals surface area contributed by atoms with E-state index in [1.165, 1.54) is 21.1 Å². The lowest BCUT2D eigenvalue weighted by Crippen LogP contribution is -2.51. The molecule has 15 heteroatoms. The van der Waals surface area contributed by atoms with E-state index in [0.29, 0.717) is 71.1 Å². The molecule has 0 saturated carbocycles. The highest BCUT2D eigenvalue weighted by molar-refractivity contribution is 7.99. The first-order valence-corrected chi connectivity index (χ1v) is 20.5. The third kappa shape index (κ3) is 11.1. The van der Waals surface area contributed by atoms with Crippen molar-refractivity contribution in [3.05, 3.63) is 107 Å². The van der Waals surface area contributed by atoms with Gasteiger partial charge in [0.25, 0.3) is 5.91 Å². The molecule has 59 heavy (non-hydrogen) atoms. The first kappa shape index (κ1) is 42.6. The van der Waals surface area contributed by atoms with Crippen LogP contribution in [-0.2, 0) is 16.8 Å². The Balaban J connectivity index is 1.16. The molecule has 4 aromatic carbocycles. The number of carbonyl (C=O) groups is 3. The summed E-state index contributed by atoms with van der Waals surface area (Å²) < 4.78 is 17.3. The maximum atomic E-state index is 13.6. The summed E-state index contributed by atoms with van der Waals surface area (Å²) >= 11 is 1.79. The third-order valence-electron chi connectivity index (χ3n) is 9.87. The highest BCUT2D eigenvalue weighted by Crippen LogP contribution is 2.38. The van der Waals surface area contributed by atoms with E-state index in [1.807, 2.05) is 36.4 Å². The van der Waals surface area contributed by atoms with Crippen LogP contribution in [0.25, 0.3) is 10.8 Å². The minimum atomic E-state index is -0.476. The van der Waals surface area contributed by atoms with Crippen LogP contribution in [0.1, 0.15) is 49.2 Å². The molecule has 1 saturated heterocycles. The number of amides is 4. The highest BCUT2D eigenvalue weighted by Gasteiger charge is 2.23. The van der Waals surface area contributed by atoms with Gasteiger partial charge in [-0.25, -0.2) is 9.78 Å². The van der Waals surface area contributed by atoms with Gasteiger partial charge in [-0.1, -0.05) is 45.0 Å². The zero-order valence-electron chi connectivity index (χ0n) is 34.2. The van der Waals surface area contributed by atoms with E-state index in [4.69, 9.17) is 14.2 Å². The average molecular weight is 822 g/mol. The fourth-order valence-corrected chi connectivity index (χ4v) is 7.79. The van der Waals surface area contributed by atoms with Gasteiger partial charge in [0.15, 0.2) is 0 Å². The number of hydrogen-bond donors (Lipinski definition) is 5. The van der Waals surface area contributed by atoms with Gasteiger partial charge in [0.2, 0.25) is 5.91 Å². The second-order valence-corrected chi connectivity index (χ2v) is 16.5. The molecule has 5 aromatic rings. The Bertz CT molecular complexity index is 2330. The maximum absolute atomic E-state index is 13.6. The van der Waals surface area contributed by atoms with Crippen LogP contribution in [0.15, 0.2) is 85.1 Å². The summed E-state index contributed by atoms with van der Waals surface area (Å²) in [7, 11) is 3.06. The van der Waals surface area contributed by atoms with Crippen molar-refractivity contribution >= 4 is 63.3 Å². The molecular weight excluding hydrogens is 771 g/mol. The molecule has 4 amide bonds. The molecule has 0 aliphatic carbocycles. The number of rotatable bonds is 14. The van der Waals surface area contributed by atoms with Crippen molar-refractivity contribution in [2.45, 2.75) is 39.7 Å². The number of nitrogens with one attached hydrogen (secondary N) is 5. The summed E-state index contributed by atoms with van der Waals surface area (Å²) in [6.45, 7) is 9.62. The molecule has 0 spiro atoms. The largest absolute Gasteiger partial charge is 0.633 e. The number of nitrogens with zero attached hydrogens (tertiary/aromatic N) is 2. The summed E-state index contributed by atoms with van der Waals surface area (Å²) in [5.74, 6) is 3.64. The molecule has 2 heterocycles. The van der Waals surface area contributed by atoms with Gasteiger partial charge in [-0.05, 0) is 53.4 Å². The zero-order chi connectivity index (χ0) is 42.2. The normalized spacial score (nSPS) is 13.5. The lowest BCUT2D eigenvalue weighted by molar-refractivity contribution is -0.875. The van der Waals surface area contributed by atoms with E-state index in [-0.39, 0.29) is 35.0 Å². The number of thioether (sulfide) groups is 1. The minimum absolute atomic E-state index is 0.175. The fraction of sp³-hybridized carbons (Fsp3) is 0.318. The van der Waals surface area contributed by atoms with Gasteiger partial charge in [0, 0.05) is 70.9 Å². The first-order valence-electron chi connectivity index (χ1n) is 19.3. The second kappa shape index (κ2) is 18.7. The van der Waals surface area contributed by atoms with Crippen LogP contribution in [0, 0.1) is 5.21 Å². The van der Waals surface area contributed by atoms with Gasteiger partial charge in [-0.15, -0.1) is 0 Å². The van der Waals surface area contributed by atoms with Crippen LogP contribution in [0.3, 0.4) is 0 Å². The van der Waals surface area contributed by atoms with Gasteiger partial charge < -0.3 is 50.6 Å². The number of quaternary nitrogens is 1. The molecule has 1 fully saturated rings. The summed E-state index contributed by atoms with van der Waals surface area (Å²) in [4.78, 5) is 42.9. The lowest BCUT2D eigenvalue weighted by atomic mass is 9.85. The SMILES string of the molecule is COc1cc(Nc2cc(Oc3ccc(NC(=O)Nc4cc(C(C)(C)C)cc(CNC(C)=O)c4OC)c4ccccc34)ccn2)cc(C(=O)NCC[N+]2([O-])CCSCC2)c1. The summed E-state index contributed by atoms with van der Waals surface area (Å²) in [6, 6.07) is 23.1. The van der Waals surface area contributed by atoms with Crippen molar-refractivity contribution in [3.63, 3.8) is 0 Å². The summed E-state index contributed by atoms with van der Waals surface area (Å²) in [5.41, 5.74) is 3.45. The lowest BCUT2D eigenvalue weighted by Gasteiger charge is -2.45. The number of pyridine rings is 1. The minimum Gasteiger partial charge on any atom is -0.633 e. The predicted molar refractivity (Wildman–Crippen MR) is 234 cm³/mol. The van der Waals surface area contributed by atoms with Crippen LogP contribution in [-0.4, -0.2) is 79.4 Å². The van der Waals surface area contributed by atoms with Crippen molar-refractivity contribution in [2.75, 3.05) is 67.9 Å². The number of aromatic nitrogens is 1. The van der Waals surface area contributed by atoms with E-state index >= 15 is 0 Å². The van der Waals surface area contributed by atoms with E-state index in [0.717, 1.165) is 33.4 Å². The number of fused-ring (bicyclic) bond motifs is 1. The molecule has 1 aliphatic rings. The van der Waals surface area contributed by atoms with Crippen LogP contribution >= 0.6 is 11.8 Å². The van der Waals surface area contributed by atoms with Crippen LogP contribution in [0.2, 0.25) is 0 Å². The Morgan fingerprint density at radius 3 is 2.31 bits per heavy atom. The van der Waals surface area contributed by atoms with Gasteiger partial charge in [0.05, 0.1) is 51.8 Å². The molecule has 0 atom stereocenters. The van der Waals surface area contributed by atoms with E-state index in [1.54, 1.807) is 60.4 Å². The smallest absolute Gasteiger partial charge is 0.323 e. The third-order valence-corrected chi connectivity index (χ3v) is 10.8. The van der Waals surface area contributed by atoms with Gasteiger partial charge >= 0.3 is 6.03 Å². The number of carbonyl (C=O) groups excluding carboxylic acids is 3. The molecule has 6 rings (SSSR count). The van der Waals surface area contributed by atoms with Crippen molar-refractivity contribution < 1.29 is 33.2 Å². The molecular formula is C44H51N7O7S. The Kier molecular flexibility index (Phi) is 13.5. The Morgan fingerprint density at radius 2 is 1.59 bits per heavy atom. The Labute approximate surface area is 348 Å². The van der Waals surface area contributed by atoms with Crippen molar-refractivity contribution in [1.82, 2.24) is 15.6 Å². The topological polar surface area (TPSA) is 175 Å². The number of ether oxygens (including phenoxy) is 3. The van der Waals surface area contributed by atoms with Crippen LogP contribution in [0.4, 0.5) is 27.7 Å². The monoisotopic (exact) mass is 821 g/mol. The van der Waals surface area contributed by atoms with E-state index < -0.39 is 6.03 Å². The quantitative estimate of drug-likeness (QED) is 0.0543. The summed E-state index contributed by atoms with van der Waals surface area (Å²) in [6.07, 6.45) is 1.61. The van der Waals surface area contributed by atoms with Crippen molar-refractivity contribution in [3.8, 4) is 23.0 Å². The zero-order valence-corrected chi connectivity index (χ0v) is 35.0. The average Bonchev–Trinajstić information content (AvgIpc) is 3.20. The number of benzene rings is 4. The Morgan fingerprint density at radius 1 is 0.847 bits per heavy atom. The molecule has 1 aromatic heterocycles. The molecule has 14 nitrogen and oxygen atoms in total. The molecule has 0 bridgehead atoms. The van der Waals surface area contributed by atoms with E-state index in [2.05, 4.69) is 52.3 Å². The van der Waals surface area contributed by atoms with E-state index in [9.17, 15) is 19.6 Å². The van der Waals surface area contributed by atoms with Crippen molar-refractivity contribution in [1.29, 1.82) is 0 Å². The van der Waals surface area contributed by atoms with Crippen molar-refractivity contribution in [2.24, 2.45) is 0 Å². The van der Waals surface area contributed by atoms with Crippen LogP contribution in [0.5, 0.6) is 23.0 Å². The van der Waals surface area contributed by atoms with Crippen LogP contribution < -0.4 is 40.8 Å². The molecule has 0 radical (unpaired) electrons. The molecule has 1 aliphatic heterocycles. The second-order valence-electron chi connectivity index (χ2n) is 15.3. The number of methoxy groups -OCH3 is 2. The molecule has 0 unspecified atom stereocenters. The number of hydrogen-bond acceptors (Lipinski definition) is 10. The number of hydroxylamine groups is 3.